The molecule has 0 aromatic heterocycles. The molecule has 6 nitrogen and oxygen atoms in total. The number of nitrogens with two attached hydrogens (primary N) is 1. The summed E-state index contributed by atoms with van der Waals surface area (Å²) in [5.74, 6) is -0.550. The van der Waals surface area contributed by atoms with E-state index >= 15 is 0 Å². The molecule has 0 bridgehead atoms. The maximum atomic E-state index is 11.0. The fourth-order valence-corrected chi connectivity index (χ4v) is 1.06. The first kappa shape index (κ1) is 10.9. The van der Waals surface area contributed by atoms with E-state index < -0.39 is 11.9 Å². The number of hydrogen-bond donors (Lipinski definition) is 2. The Morgan fingerprint density at radius 2 is 2.20 bits per heavy atom. The Kier molecular flexibility index (Phi) is 4.00. The lowest BCUT2D eigenvalue weighted by Crippen LogP contribution is -2.37. The predicted molar refractivity (Wildman–Crippen MR) is 57.1 cm³/mol. The van der Waals surface area contributed by atoms with Crippen molar-refractivity contribution in [2.45, 2.75) is 6.04 Å². The summed E-state index contributed by atoms with van der Waals surface area (Å²) in [5, 5.41) is 6.18. The van der Waals surface area contributed by atoms with Gasteiger partial charge >= 0.3 is 0 Å². The highest BCUT2D eigenvalue weighted by Gasteiger charge is 2.13. The van der Waals surface area contributed by atoms with Crippen LogP contribution in [0.2, 0.25) is 0 Å². The molecule has 0 radical (unpaired) electrons. The minimum Gasteiger partial charge on any atom is -0.374 e. The molecule has 0 saturated carbocycles. The summed E-state index contributed by atoms with van der Waals surface area (Å²) in [5.41, 5.74) is 14.0. The van der Waals surface area contributed by atoms with Crippen LogP contribution in [0.5, 0.6) is 0 Å². The average molecular weight is 205 g/mol. The van der Waals surface area contributed by atoms with Crippen molar-refractivity contribution in [2.75, 3.05) is 11.9 Å². The average Bonchev–Trinajstić information content (AvgIpc) is 2.25. The summed E-state index contributed by atoms with van der Waals surface area (Å²) in [6, 6.07) is 8.43. The topological polar surface area (TPSA) is 104 Å². The zero-order valence-electron chi connectivity index (χ0n) is 8.00. The molecular formula is C9H11N5O. The molecule has 0 heterocycles. The van der Waals surface area contributed by atoms with Crippen LogP contribution in [0.3, 0.4) is 0 Å². The normalized spacial score (nSPS) is 11.2. The Balaban J connectivity index is 2.67. The Morgan fingerprint density at radius 1 is 1.53 bits per heavy atom. The van der Waals surface area contributed by atoms with Crippen LogP contribution in [0.25, 0.3) is 10.4 Å². The van der Waals surface area contributed by atoms with Gasteiger partial charge in [0.2, 0.25) is 5.91 Å². The fraction of sp³-hybridized carbons (Fsp3) is 0.222. The van der Waals surface area contributed by atoms with Gasteiger partial charge in [-0.3, -0.25) is 4.79 Å². The second-order valence-corrected chi connectivity index (χ2v) is 2.88. The molecular weight excluding hydrogens is 194 g/mol. The highest BCUT2D eigenvalue weighted by atomic mass is 16.1. The third-order valence-corrected chi connectivity index (χ3v) is 1.79. The first-order chi connectivity index (χ1) is 7.24. The number of anilines is 1. The van der Waals surface area contributed by atoms with Crippen LogP contribution in [0, 0.1) is 0 Å². The summed E-state index contributed by atoms with van der Waals surface area (Å²) in [6.45, 7) is 0.000722. The van der Waals surface area contributed by atoms with E-state index in [1.165, 1.54) is 0 Å². The minimum atomic E-state index is -0.678. The van der Waals surface area contributed by atoms with Gasteiger partial charge in [0.25, 0.3) is 0 Å². The lowest BCUT2D eigenvalue weighted by atomic mass is 10.2. The molecule has 0 spiro atoms. The number of nitrogens with zero attached hydrogens (tertiary/aromatic N) is 3. The highest BCUT2D eigenvalue weighted by molar-refractivity contribution is 5.83. The standard InChI is InChI=1S/C9H11N5O/c10-9(15)8(6-12-14-11)13-7-4-2-1-3-5-7/h1-5,8,13H,6H2,(H2,10,15). The number of para-hydroxylation sites is 1. The third kappa shape index (κ3) is 3.58. The van der Waals surface area contributed by atoms with Crippen LogP contribution in [0.15, 0.2) is 35.4 Å². The van der Waals surface area contributed by atoms with Crippen molar-refractivity contribution in [3.8, 4) is 0 Å². The van der Waals surface area contributed by atoms with E-state index in [4.69, 9.17) is 11.3 Å². The van der Waals surface area contributed by atoms with Crippen LogP contribution >= 0.6 is 0 Å². The van der Waals surface area contributed by atoms with E-state index in [1.807, 2.05) is 18.2 Å². The summed E-state index contributed by atoms with van der Waals surface area (Å²) in [4.78, 5) is 13.6. The van der Waals surface area contributed by atoms with Gasteiger partial charge in [-0.05, 0) is 17.7 Å². The molecule has 1 rings (SSSR count). The Hall–Kier alpha value is -2.20. The quantitative estimate of drug-likeness (QED) is 0.429. The van der Waals surface area contributed by atoms with E-state index in [1.54, 1.807) is 12.1 Å². The van der Waals surface area contributed by atoms with Crippen molar-refractivity contribution in [1.29, 1.82) is 0 Å². The van der Waals surface area contributed by atoms with Gasteiger partial charge in [-0.15, -0.1) is 0 Å². The second-order valence-electron chi connectivity index (χ2n) is 2.88. The summed E-state index contributed by atoms with van der Waals surface area (Å²) >= 11 is 0. The zero-order chi connectivity index (χ0) is 11.1. The number of carbonyl (C=O) groups is 1. The van der Waals surface area contributed by atoms with Gasteiger partial charge in [0.1, 0.15) is 6.04 Å². The zero-order valence-corrected chi connectivity index (χ0v) is 8.00. The van der Waals surface area contributed by atoms with E-state index in [0.29, 0.717) is 0 Å². The van der Waals surface area contributed by atoms with Crippen LogP contribution in [0.4, 0.5) is 5.69 Å². The summed E-state index contributed by atoms with van der Waals surface area (Å²) in [7, 11) is 0. The second kappa shape index (κ2) is 5.51. The van der Waals surface area contributed by atoms with Crippen molar-refractivity contribution in [3.63, 3.8) is 0 Å². The molecule has 0 aliphatic carbocycles. The number of rotatable bonds is 5. The number of amides is 1. The lowest BCUT2D eigenvalue weighted by molar-refractivity contribution is -0.118. The lowest BCUT2D eigenvalue weighted by Gasteiger charge is -2.13. The van der Waals surface area contributed by atoms with Gasteiger partial charge in [-0.1, -0.05) is 23.3 Å². The fourth-order valence-electron chi connectivity index (χ4n) is 1.06. The number of hydrogen-bond acceptors (Lipinski definition) is 3. The smallest absolute Gasteiger partial charge is 0.240 e. The molecule has 1 atom stereocenters. The van der Waals surface area contributed by atoms with Crippen LogP contribution in [0.1, 0.15) is 0 Å². The SMILES string of the molecule is [N-]=[N+]=NCC(Nc1ccccc1)C(N)=O. The van der Waals surface area contributed by atoms with Crippen molar-refractivity contribution in [3.05, 3.63) is 40.8 Å². The van der Waals surface area contributed by atoms with Gasteiger partial charge < -0.3 is 11.1 Å². The van der Waals surface area contributed by atoms with Gasteiger partial charge in [0.15, 0.2) is 0 Å². The monoisotopic (exact) mass is 205 g/mol. The Morgan fingerprint density at radius 3 is 2.73 bits per heavy atom. The van der Waals surface area contributed by atoms with E-state index in [9.17, 15) is 4.79 Å². The van der Waals surface area contributed by atoms with Gasteiger partial charge in [0, 0.05) is 10.6 Å². The molecule has 0 aliphatic rings. The first-order valence-electron chi connectivity index (χ1n) is 4.36. The number of azide groups is 1. The maximum absolute atomic E-state index is 11.0. The Labute approximate surface area is 86.7 Å². The number of primary amides is 1. The highest BCUT2D eigenvalue weighted by Crippen LogP contribution is 2.07. The van der Waals surface area contributed by atoms with E-state index in [-0.39, 0.29) is 6.54 Å². The predicted octanol–water partition coefficient (Wildman–Crippen LogP) is 1.26. The van der Waals surface area contributed by atoms with E-state index in [0.717, 1.165) is 5.69 Å². The van der Waals surface area contributed by atoms with Crippen LogP contribution < -0.4 is 11.1 Å². The molecule has 15 heavy (non-hydrogen) atoms. The van der Waals surface area contributed by atoms with Crippen molar-refractivity contribution >= 4 is 11.6 Å². The molecule has 1 unspecified atom stereocenters. The van der Waals surface area contributed by atoms with Crippen LogP contribution in [-0.4, -0.2) is 18.5 Å². The molecule has 1 amide bonds. The molecule has 3 N–H and O–H groups in total. The number of benzene rings is 1. The first-order valence-corrected chi connectivity index (χ1v) is 4.36. The molecule has 1 aromatic rings. The van der Waals surface area contributed by atoms with Gasteiger partial charge in [-0.2, -0.15) is 0 Å². The van der Waals surface area contributed by atoms with Gasteiger partial charge in [-0.25, -0.2) is 0 Å². The Bertz CT molecular complexity index is 371. The molecule has 0 fully saturated rings. The number of carbonyl (C=O) groups excluding carboxylic acids is 1. The molecule has 6 heteroatoms. The number of nitrogens with one attached hydrogen (secondary N) is 1. The van der Waals surface area contributed by atoms with Crippen molar-refractivity contribution in [1.82, 2.24) is 0 Å². The molecule has 0 aliphatic heterocycles. The van der Waals surface area contributed by atoms with E-state index in [2.05, 4.69) is 15.3 Å². The molecule has 1 aromatic carbocycles. The molecule has 78 valence electrons. The largest absolute Gasteiger partial charge is 0.374 e. The van der Waals surface area contributed by atoms with Crippen LogP contribution in [-0.2, 0) is 4.79 Å². The maximum Gasteiger partial charge on any atom is 0.240 e. The van der Waals surface area contributed by atoms with Crippen molar-refractivity contribution in [2.24, 2.45) is 10.8 Å². The summed E-state index contributed by atoms with van der Waals surface area (Å²) < 4.78 is 0. The van der Waals surface area contributed by atoms with Crippen molar-refractivity contribution < 1.29 is 4.79 Å². The third-order valence-electron chi connectivity index (χ3n) is 1.79. The van der Waals surface area contributed by atoms with Gasteiger partial charge in [0.05, 0.1) is 6.54 Å². The minimum absolute atomic E-state index is 0.000722. The molecule has 0 saturated heterocycles. The summed E-state index contributed by atoms with van der Waals surface area (Å²) in [6.07, 6.45) is 0.